The largest absolute Gasteiger partial charge is 0.492 e. The number of anilines is 1. The number of amides is 3. The van der Waals surface area contributed by atoms with Crippen LogP contribution in [0.3, 0.4) is 0 Å². The molecule has 0 spiro atoms. The number of quaternary nitrogens is 1. The van der Waals surface area contributed by atoms with E-state index in [9.17, 15) is 9.59 Å². The molecule has 2 rings (SSSR count). The number of nitrogens with zero attached hydrogens (tertiary/aromatic N) is 1. The number of ether oxygens (including phenoxy) is 1. The Bertz CT molecular complexity index is 600. The van der Waals surface area contributed by atoms with Crippen molar-refractivity contribution in [3.8, 4) is 5.75 Å². The number of piperazine rings is 1. The van der Waals surface area contributed by atoms with Crippen molar-refractivity contribution in [1.82, 2.24) is 10.6 Å². The van der Waals surface area contributed by atoms with Gasteiger partial charge in [-0.1, -0.05) is 19.1 Å². The molecule has 1 aromatic rings. The summed E-state index contributed by atoms with van der Waals surface area (Å²) in [4.78, 5) is 27.3. The summed E-state index contributed by atoms with van der Waals surface area (Å²) < 4.78 is 5.71. The number of rotatable bonds is 7. The predicted molar refractivity (Wildman–Crippen MR) is 102 cm³/mol. The molecule has 0 aliphatic carbocycles. The summed E-state index contributed by atoms with van der Waals surface area (Å²) in [5.74, 6) is 0.668. The Hall–Kier alpha value is -2.28. The van der Waals surface area contributed by atoms with Gasteiger partial charge in [0.15, 0.2) is 6.54 Å². The van der Waals surface area contributed by atoms with Crippen LogP contribution in [-0.4, -0.2) is 57.3 Å². The minimum atomic E-state index is -0.409. The highest BCUT2D eigenvalue weighted by Gasteiger charge is 2.24. The number of nitrogens with one attached hydrogen (secondary N) is 3. The predicted octanol–water partition coefficient (Wildman–Crippen LogP) is 0.415. The maximum absolute atomic E-state index is 12.1. The third-order valence-electron chi connectivity index (χ3n) is 4.63. The van der Waals surface area contributed by atoms with Crippen molar-refractivity contribution >= 4 is 17.6 Å². The van der Waals surface area contributed by atoms with Crippen molar-refractivity contribution in [2.75, 3.05) is 44.2 Å². The van der Waals surface area contributed by atoms with E-state index in [1.165, 1.54) is 4.90 Å². The molecule has 0 radical (unpaired) electrons. The van der Waals surface area contributed by atoms with E-state index in [-0.39, 0.29) is 11.9 Å². The van der Waals surface area contributed by atoms with Crippen molar-refractivity contribution in [1.29, 1.82) is 0 Å². The molecule has 0 saturated carbocycles. The fourth-order valence-corrected chi connectivity index (χ4v) is 3.00. The SMILES string of the molecule is CCOc1ccccc1N1CC[NH+](CC(=O)NC(=O)N[C@@H](C)CC)CC1. The molecule has 0 bridgehead atoms. The summed E-state index contributed by atoms with van der Waals surface area (Å²) in [5.41, 5.74) is 1.10. The Morgan fingerprint density at radius 2 is 1.92 bits per heavy atom. The van der Waals surface area contributed by atoms with Crippen LogP contribution in [-0.2, 0) is 4.79 Å². The van der Waals surface area contributed by atoms with Gasteiger partial charge in [-0.15, -0.1) is 0 Å². The maximum Gasteiger partial charge on any atom is 0.321 e. The van der Waals surface area contributed by atoms with Gasteiger partial charge in [-0.2, -0.15) is 0 Å². The average molecular weight is 363 g/mol. The smallest absolute Gasteiger partial charge is 0.321 e. The van der Waals surface area contributed by atoms with Crippen molar-refractivity contribution in [2.45, 2.75) is 33.2 Å². The topological polar surface area (TPSA) is 75.1 Å². The standard InChI is InChI=1S/C19H30N4O3/c1-4-15(3)20-19(25)21-18(24)14-22-10-12-23(13-11-22)16-8-6-7-9-17(16)26-5-2/h6-9,15H,4-5,10-14H2,1-3H3,(H2,20,21,24,25)/p+1/t15-/m0/s1. The zero-order valence-electron chi connectivity index (χ0n) is 16.0. The molecule has 1 aliphatic rings. The highest BCUT2D eigenvalue weighted by molar-refractivity contribution is 5.94. The van der Waals surface area contributed by atoms with E-state index in [1.807, 2.05) is 39.0 Å². The monoisotopic (exact) mass is 363 g/mol. The number of imide groups is 1. The zero-order chi connectivity index (χ0) is 18.9. The molecule has 3 amide bonds. The lowest BCUT2D eigenvalue weighted by atomic mass is 10.2. The first-order valence-electron chi connectivity index (χ1n) is 9.44. The third-order valence-corrected chi connectivity index (χ3v) is 4.63. The van der Waals surface area contributed by atoms with Crippen LogP contribution in [0.25, 0.3) is 0 Å². The van der Waals surface area contributed by atoms with Crippen LogP contribution in [0.15, 0.2) is 24.3 Å². The number of carbonyl (C=O) groups excluding carboxylic acids is 2. The Labute approximate surface area is 155 Å². The molecule has 1 atom stereocenters. The minimum Gasteiger partial charge on any atom is -0.492 e. The molecular weight excluding hydrogens is 332 g/mol. The molecular formula is C19H31N4O3+. The van der Waals surface area contributed by atoms with Gasteiger partial charge in [0.1, 0.15) is 5.75 Å². The normalized spacial score (nSPS) is 16.0. The van der Waals surface area contributed by atoms with Gasteiger partial charge in [-0.05, 0) is 32.4 Å². The lowest BCUT2D eigenvalue weighted by Crippen LogP contribution is -3.16. The number of carbonyl (C=O) groups is 2. The van der Waals surface area contributed by atoms with Gasteiger partial charge in [0.25, 0.3) is 5.91 Å². The summed E-state index contributed by atoms with van der Waals surface area (Å²) >= 11 is 0. The number of para-hydroxylation sites is 2. The minimum absolute atomic E-state index is 0.0594. The molecule has 1 fully saturated rings. The Morgan fingerprint density at radius 3 is 2.58 bits per heavy atom. The van der Waals surface area contributed by atoms with E-state index in [4.69, 9.17) is 4.74 Å². The molecule has 3 N–H and O–H groups in total. The molecule has 1 saturated heterocycles. The first-order chi connectivity index (χ1) is 12.5. The molecule has 1 aliphatic heterocycles. The van der Waals surface area contributed by atoms with Crippen molar-refractivity contribution in [3.05, 3.63) is 24.3 Å². The second-order valence-corrected chi connectivity index (χ2v) is 6.65. The van der Waals surface area contributed by atoms with Gasteiger partial charge in [0, 0.05) is 6.04 Å². The molecule has 144 valence electrons. The quantitative estimate of drug-likeness (QED) is 0.656. The lowest BCUT2D eigenvalue weighted by molar-refractivity contribution is -0.892. The molecule has 26 heavy (non-hydrogen) atoms. The Balaban J connectivity index is 1.80. The Kier molecular flexibility index (Phi) is 7.72. The summed E-state index contributed by atoms with van der Waals surface area (Å²) in [7, 11) is 0. The van der Waals surface area contributed by atoms with Gasteiger partial charge < -0.3 is 19.9 Å². The van der Waals surface area contributed by atoms with Crippen LogP contribution < -0.4 is 25.2 Å². The Morgan fingerprint density at radius 1 is 1.23 bits per heavy atom. The van der Waals surface area contributed by atoms with Crippen molar-refractivity contribution in [3.63, 3.8) is 0 Å². The van der Waals surface area contributed by atoms with Crippen molar-refractivity contribution in [2.24, 2.45) is 0 Å². The molecule has 7 nitrogen and oxygen atoms in total. The first kappa shape index (κ1) is 20.0. The zero-order valence-corrected chi connectivity index (χ0v) is 16.0. The summed E-state index contributed by atoms with van der Waals surface area (Å²) in [5, 5.41) is 5.16. The average Bonchev–Trinajstić information content (AvgIpc) is 2.63. The molecule has 0 aromatic heterocycles. The summed E-state index contributed by atoms with van der Waals surface area (Å²) in [6, 6.07) is 7.70. The van der Waals surface area contributed by atoms with Gasteiger partial charge in [-0.25, -0.2) is 4.79 Å². The first-order valence-corrected chi connectivity index (χ1v) is 9.44. The van der Waals surface area contributed by atoms with E-state index in [0.29, 0.717) is 13.2 Å². The number of hydrogen-bond acceptors (Lipinski definition) is 4. The van der Waals surface area contributed by atoms with E-state index in [1.54, 1.807) is 0 Å². The van der Waals surface area contributed by atoms with Crippen LogP contribution in [0.5, 0.6) is 5.75 Å². The fourth-order valence-electron chi connectivity index (χ4n) is 3.00. The van der Waals surface area contributed by atoms with Gasteiger partial charge in [0.05, 0.1) is 38.5 Å². The van der Waals surface area contributed by atoms with Crippen LogP contribution in [0.4, 0.5) is 10.5 Å². The van der Waals surface area contributed by atoms with Crippen LogP contribution in [0.2, 0.25) is 0 Å². The highest BCUT2D eigenvalue weighted by Crippen LogP contribution is 2.27. The number of urea groups is 1. The number of hydrogen-bond donors (Lipinski definition) is 3. The van der Waals surface area contributed by atoms with Crippen LogP contribution in [0.1, 0.15) is 27.2 Å². The summed E-state index contributed by atoms with van der Waals surface area (Å²) in [6.07, 6.45) is 0.831. The van der Waals surface area contributed by atoms with Crippen LogP contribution in [0, 0.1) is 0 Å². The van der Waals surface area contributed by atoms with E-state index in [2.05, 4.69) is 21.6 Å². The third kappa shape index (κ3) is 5.91. The summed E-state index contributed by atoms with van der Waals surface area (Å²) in [6.45, 7) is 10.2. The fraction of sp³-hybridized carbons (Fsp3) is 0.579. The van der Waals surface area contributed by atoms with Gasteiger partial charge >= 0.3 is 6.03 Å². The van der Waals surface area contributed by atoms with Crippen LogP contribution >= 0.6 is 0 Å². The van der Waals surface area contributed by atoms with Gasteiger partial charge in [0.2, 0.25) is 0 Å². The lowest BCUT2D eigenvalue weighted by Gasteiger charge is -2.34. The second kappa shape index (κ2) is 10.0. The highest BCUT2D eigenvalue weighted by atomic mass is 16.5. The van der Waals surface area contributed by atoms with E-state index < -0.39 is 6.03 Å². The second-order valence-electron chi connectivity index (χ2n) is 6.65. The molecule has 1 heterocycles. The van der Waals surface area contributed by atoms with Crippen molar-refractivity contribution < 1.29 is 19.2 Å². The molecule has 1 aromatic carbocycles. The molecule has 0 unspecified atom stereocenters. The van der Waals surface area contributed by atoms with Gasteiger partial charge in [-0.3, -0.25) is 10.1 Å². The maximum atomic E-state index is 12.1. The molecule has 7 heteroatoms. The van der Waals surface area contributed by atoms with E-state index >= 15 is 0 Å². The number of benzene rings is 1. The van der Waals surface area contributed by atoms with E-state index in [0.717, 1.165) is 44.0 Å².